The van der Waals surface area contributed by atoms with Crippen molar-refractivity contribution in [2.45, 2.75) is 51.9 Å². The van der Waals surface area contributed by atoms with Gasteiger partial charge in [-0.1, -0.05) is 13.8 Å². The highest BCUT2D eigenvalue weighted by molar-refractivity contribution is 5.82. The number of rotatable bonds is 5. The van der Waals surface area contributed by atoms with Crippen molar-refractivity contribution in [1.82, 2.24) is 10.2 Å². The second-order valence-electron chi connectivity index (χ2n) is 6.53. The predicted octanol–water partition coefficient (Wildman–Crippen LogP) is 0.667. The number of carbonyl (C=O) groups is 2. The summed E-state index contributed by atoms with van der Waals surface area (Å²) in [5.74, 6) is -0.874. The lowest BCUT2D eigenvalue weighted by Gasteiger charge is -2.42. The molecule has 2 atom stereocenters. The van der Waals surface area contributed by atoms with Crippen molar-refractivity contribution in [2.24, 2.45) is 5.92 Å². The number of nitrogens with zero attached hydrogens (tertiary/aromatic N) is 1. The van der Waals surface area contributed by atoms with E-state index in [-0.39, 0.29) is 19.1 Å². The van der Waals surface area contributed by atoms with Crippen LogP contribution in [-0.2, 0) is 9.53 Å². The fraction of sp³-hybridized carbons (Fsp3) is 0.857. The highest BCUT2D eigenvalue weighted by Gasteiger charge is 2.36. The molecule has 1 aliphatic rings. The van der Waals surface area contributed by atoms with Crippen LogP contribution in [0.25, 0.3) is 0 Å². The highest BCUT2D eigenvalue weighted by Crippen LogP contribution is 2.21. The quantitative estimate of drug-likeness (QED) is 0.693. The van der Waals surface area contributed by atoms with Gasteiger partial charge in [0.05, 0.1) is 31.4 Å². The van der Waals surface area contributed by atoms with E-state index in [4.69, 9.17) is 4.74 Å². The first-order chi connectivity index (χ1) is 9.64. The predicted molar refractivity (Wildman–Crippen MR) is 77.0 cm³/mol. The van der Waals surface area contributed by atoms with Crippen LogP contribution in [0.15, 0.2) is 0 Å². The molecule has 21 heavy (non-hydrogen) atoms. The Bertz CT molecular complexity index is 384. The van der Waals surface area contributed by atoms with Crippen LogP contribution in [0.2, 0.25) is 0 Å². The molecule has 0 aromatic rings. The molecule has 0 radical (unpaired) electrons. The fourth-order valence-corrected chi connectivity index (χ4v) is 2.48. The van der Waals surface area contributed by atoms with E-state index >= 15 is 0 Å². The molecule has 7 heteroatoms. The van der Waals surface area contributed by atoms with E-state index in [0.29, 0.717) is 13.0 Å². The van der Waals surface area contributed by atoms with Crippen molar-refractivity contribution in [3.05, 3.63) is 0 Å². The number of carboxylic acids is 1. The van der Waals surface area contributed by atoms with Crippen LogP contribution in [0.4, 0.5) is 4.79 Å². The Morgan fingerprint density at radius 3 is 2.52 bits per heavy atom. The van der Waals surface area contributed by atoms with Crippen molar-refractivity contribution >= 4 is 12.0 Å². The molecule has 1 rings (SSSR count). The third-order valence-corrected chi connectivity index (χ3v) is 3.28. The number of hydrogen-bond acceptors (Lipinski definition) is 4. The van der Waals surface area contributed by atoms with Crippen molar-refractivity contribution < 1.29 is 24.5 Å². The van der Waals surface area contributed by atoms with Gasteiger partial charge in [0.15, 0.2) is 0 Å². The van der Waals surface area contributed by atoms with Gasteiger partial charge in [0, 0.05) is 0 Å². The second kappa shape index (κ2) is 7.09. The molecule has 7 nitrogen and oxygen atoms in total. The Kier molecular flexibility index (Phi) is 5.98. The number of carboxylic acid groups (broad SMARTS) is 1. The number of morpholine rings is 1. The molecule has 0 spiro atoms. The lowest BCUT2D eigenvalue weighted by Crippen LogP contribution is -2.59. The van der Waals surface area contributed by atoms with Crippen molar-refractivity contribution in [3.8, 4) is 0 Å². The number of ether oxygens (including phenoxy) is 1. The number of aliphatic carboxylic acids is 1. The molecule has 0 aromatic carbocycles. The number of aliphatic hydroxyl groups excluding tert-OH is 1. The van der Waals surface area contributed by atoms with E-state index in [9.17, 15) is 19.8 Å². The van der Waals surface area contributed by atoms with Crippen LogP contribution < -0.4 is 5.32 Å². The van der Waals surface area contributed by atoms with Crippen LogP contribution in [0.1, 0.15) is 34.1 Å². The van der Waals surface area contributed by atoms with Gasteiger partial charge >= 0.3 is 12.0 Å². The molecule has 0 saturated carbocycles. The molecule has 2 amide bonds. The van der Waals surface area contributed by atoms with Gasteiger partial charge in [0.2, 0.25) is 0 Å². The lowest BCUT2D eigenvalue weighted by molar-refractivity contribution is -0.141. The Morgan fingerprint density at radius 1 is 1.43 bits per heavy atom. The Hall–Kier alpha value is -1.34. The normalized spacial score (nSPS) is 23.0. The number of urea groups is 1. The van der Waals surface area contributed by atoms with Gasteiger partial charge in [-0.15, -0.1) is 0 Å². The van der Waals surface area contributed by atoms with E-state index in [1.807, 2.05) is 27.7 Å². The summed E-state index contributed by atoms with van der Waals surface area (Å²) in [5.41, 5.74) is -0.570. The smallest absolute Gasteiger partial charge is 0.326 e. The van der Waals surface area contributed by atoms with Crippen LogP contribution in [0.3, 0.4) is 0 Å². The summed E-state index contributed by atoms with van der Waals surface area (Å²) in [6.07, 6.45) is -0.0778. The average molecular weight is 302 g/mol. The van der Waals surface area contributed by atoms with Crippen molar-refractivity contribution in [2.75, 3.05) is 19.7 Å². The van der Waals surface area contributed by atoms with E-state index in [1.165, 1.54) is 4.90 Å². The van der Waals surface area contributed by atoms with Crippen LogP contribution in [-0.4, -0.2) is 64.6 Å². The minimum Gasteiger partial charge on any atom is -0.480 e. The van der Waals surface area contributed by atoms with Gasteiger partial charge in [-0.25, -0.2) is 9.59 Å². The Labute approximate surface area is 125 Å². The standard InChI is InChI=1S/C14H26N2O5/c1-9(2)5-11(12(18)19)15-13(20)16-6-10(7-17)21-14(3,4)8-16/h9-11,17H,5-8H2,1-4H3,(H,15,20)(H,18,19)/t10?,11-/m0/s1. The molecule has 0 aliphatic carbocycles. The first-order valence-corrected chi connectivity index (χ1v) is 7.21. The maximum Gasteiger partial charge on any atom is 0.326 e. The van der Waals surface area contributed by atoms with Crippen LogP contribution in [0, 0.1) is 5.92 Å². The maximum atomic E-state index is 12.3. The maximum absolute atomic E-state index is 12.3. The molecule has 1 saturated heterocycles. The van der Waals surface area contributed by atoms with Crippen LogP contribution >= 0.6 is 0 Å². The highest BCUT2D eigenvalue weighted by atomic mass is 16.5. The van der Waals surface area contributed by atoms with Crippen molar-refractivity contribution in [3.63, 3.8) is 0 Å². The molecule has 122 valence electrons. The minimum atomic E-state index is -1.04. The van der Waals surface area contributed by atoms with Crippen molar-refractivity contribution in [1.29, 1.82) is 0 Å². The fourth-order valence-electron chi connectivity index (χ4n) is 2.48. The van der Waals surface area contributed by atoms with Gasteiger partial charge in [0.25, 0.3) is 0 Å². The summed E-state index contributed by atoms with van der Waals surface area (Å²) in [4.78, 5) is 25.0. The van der Waals surface area contributed by atoms with Gasteiger partial charge < -0.3 is 25.2 Å². The topological polar surface area (TPSA) is 99.1 Å². The number of nitrogens with one attached hydrogen (secondary N) is 1. The second-order valence-corrected chi connectivity index (χ2v) is 6.53. The first-order valence-electron chi connectivity index (χ1n) is 7.21. The lowest BCUT2D eigenvalue weighted by atomic mass is 10.0. The SMILES string of the molecule is CC(C)C[C@H](NC(=O)N1CC(CO)OC(C)(C)C1)C(=O)O. The van der Waals surface area contributed by atoms with Gasteiger partial charge in [0.1, 0.15) is 6.04 Å². The summed E-state index contributed by atoms with van der Waals surface area (Å²) in [6, 6.07) is -1.34. The number of hydrogen-bond donors (Lipinski definition) is 3. The van der Waals surface area contributed by atoms with Crippen LogP contribution in [0.5, 0.6) is 0 Å². The van der Waals surface area contributed by atoms with Gasteiger partial charge in [-0.3, -0.25) is 0 Å². The van der Waals surface area contributed by atoms with E-state index in [0.717, 1.165) is 0 Å². The number of carbonyl (C=O) groups excluding carboxylic acids is 1. The third kappa shape index (κ3) is 5.51. The molecule has 1 fully saturated rings. The number of amides is 2. The van der Waals surface area contributed by atoms with E-state index < -0.39 is 29.7 Å². The molecular formula is C14H26N2O5. The molecule has 1 unspecified atom stereocenters. The summed E-state index contributed by atoms with van der Waals surface area (Å²) in [6.45, 7) is 7.89. The summed E-state index contributed by atoms with van der Waals surface area (Å²) in [5, 5.41) is 21.0. The summed E-state index contributed by atoms with van der Waals surface area (Å²) in [7, 11) is 0. The van der Waals surface area contributed by atoms with Gasteiger partial charge in [-0.05, 0) is 26.2 Å². The third-order valence-electron chi connectivity index (χ3n) is 3.28. The summed E-state index contributed by atoms with van der Waals surface area (Å²) >= 11 is 0. The Balaban J connectivity index is 2.70. The monoisotopic (exact) mass is 302 g/mol. The van der Waals surface area contributed by atoms with Gasteiger partial charge in [-0.2, -0.15) is 0 Å². The largest absolute Gasteiger partial charge is 0.480 e. The summed E-state index contributed by atoms with van der Waals surface area (Å²) < 4.78 is 5.63. The molecule has 0 bridgehead atoms. The molecule has 3 N–H and O–H groups in total. The zero-order valence-electron chi connectivity index (χ0n) is 13.1. The molecule has 0 aromatic heterocycles. The molecule has 1 heterocycles. The Morgan fingerprint density at radius 2 is 2.05 bits per heavy atom. The average Bonchev–Trinajstić information content (AvgIpc) is 2.35. The zero-order valence-corrected chi connectivity index (χ0v) is 13.1. The molecular weight excluding hydrogens is 276 g/mol. The number of aliphatic hydroxyl groups is 1. The first kappa shape index (κ1) is 17.7. The van der Waals surface area contributed by atoms with E-state index in [1.54, 1.807) is 0 Å². The minimum absolute atomic E-state index is 0.165. The zero-order chi connectivity index (χ0) is 16.2. The van der Waals surface area contributed by atoms with E-state index in [2.05, 4.69) is 5.32 Å². The molecule has 1 aliphatic heterocycles.